The van der Waals surface area contributed by atoms with Crippen LogP contribution in [0, 0.1) is 10.1 Å². The predicted molar refractivity (Wildman–Crippen MR) is 161 cm³/mol. The molecule has 3 heterocycles. The Morgan fingerprint density at radius 1 is 1.16 bits per heavy atom. The molecule has 6 rings (SSSR count). The number of nitro benzene ring substituents is 1. The Kier molecular flexibility index (Phi) is 7.61. The number of Topliss-reactive ketones (excluding diaryl/α,β-unsaturated/α-hetero) is 1. The second kappa shape index (κ2) is 11.5. The zero-order valence-corrected chi connectivity index (χ0v) is 24.5. The van der Waals surface area contributed by atoms with Gasteiger partial charge in [-0.05, 0) is 29.3 Å². The number of anilines is 1. The molecule has 14 heteroatoms. The number of nitro groups is 1. The number of carbonyl (C=O) groups is 2. The topological polar surface area (TPSA) is 149 Å². The predicted octanol–water partition coefficient (Wildman–Crippen LogP) is 6.93. The van der Waals surface area contributed by atoms with Crippen molar-refractivity contribution in [3.63, 3.8) is 0 Å². The van der Waals surface area contributed by atoms with Gasteiger partial charge in [0, 0.05) is 28.3 Å². The number of aliphatic hydroxyl groups excluding tert-OH is 1. The van der Waals surface area contributed by atoms with Crippen LogP contribution in [0.1, 0.15) is 27.7 Å². The van der Waals surface area contributed by atoms with Gasteiger partial charge in [0.15, 0.2) is 27.2 Å². The fraction of sp³-hybridized carbons (Fsp3) is 0.103. The summed E-state index contributed by atoms with van der Waals surface area (Å²) in [6.07, 6.45) is 0. The first-order valence-corrected chi connectivity index (χ1v) is 14.8. The molecule has 0 saturated carbocycles. The normalized spacial score (nSPS) is 15.0. The molecule has 1 N–H and O–H groups in total. The zero-order chi connectivity index (χ0) is 30.2. The molecule has 1 amide bonds. The highest BCUT2D eigenvalue weighted by Crippen LogP contribution is 2.45. The molecular weight excluding hydrogens is 616 g/mol. The molecule has 0 saturated heterocycles. The summed E-state index contributed by atoms with van der Waals surface area (Å²) in [6, 6.07) is 18.2. The standard InChI is InChI=1S/C29H19ClN4O7S2/c1-40-20-11-5-8-16-13-21(41-26(16)20)24(35)22-23(15-7-4-9-18(12-15)34(38)39)33(27(37)25(22)36)28-31-32-29(43-28)42-14-17-6-2-3-10-19(17)30/h2-13,23,36H,14H2,1H3. The Morgan fingerprint density at radius 3 is 2.72 bits per heavy atom. The van der Waals surface area contributed by atoms with E-state index in [0.717, 1.165) is 21.8 Å². The molecule has 11 nitrogen and oxygen atoms in total. The smallest absolute Gasteiger partial charge is 0.296 e. The number of benzene rings is 3. The first-order chi connectivity index (χ1) is 20.8. The Morgan fingerprint density at radius 2 is 1.95 bits per heavy atom. The van der Waals surface area contributed by atoms with Crippen molar-refractivity contribution in [2.75, 3.05) is 12.0 Å². The maximum atomic E-state index is 13.9. The third-order valence-electron chi connectivity index (χ3n) is 6.71. The Bertz CT molecular complexity index is 1950. The summed E-state index contributed by atoms with van der Waals surface area (Å²) in [7, 11) is 1.46. The second-order valence-electron chi connectivity index (χ2n) is 9.24. The number of aliphatic hydroxyl groups is 1. The first-order valence-electron chi connectivity index (χ1n) is 12.6. The van der Waals surface area contributed by atoms with Crippen molar-refractivity contribution in [1.82, 2.24) is 10.2 Å². The minimum Gasteiger partial charge on any atom is -0.503 e. The van der Waals surface area contributed by atoms with E-state index in [1.165, 1.54) is 49.2 Å². The number of thioether (sulfide) groups is 1. The highest BCUT2D eigenvalue weighted by atomic mass is 35.5. The van der Waals surface area contributed by atoms with E-state index in [9.17, 15) is 24.8 Å². The number of para-hydroxylation sites is 1. The number of ketones is 1. The molecule has 0 spiro atoms. The van der Waals surface area contributed by atoms with Crippen molar-refractivity contribution in [1.29, 1.82) is 0 Å². The van der Waals surface area contributed by atoms with E-state index in [-0.39, 0.29) is 27.7 Å². The number of halogens is 1. The van der Waals surface area contributed by atoms with Crippen molar-refractivity contribution in [3.8, 4) is 5.75 Å². The summed E-state index contributed by atoms with van der Waals surface area (Å²) in [5.74, 6) is -1.79. The maximum Gasteiger partial charge on any atom is 0.296 e. The number of fused-ring (bicyclic) bond motifs is 1. The van der Waals surface area contributed by atoms with Gasteiger partial charge in [0.1, 0.15) is 0 Å². The number of ether oxygens (including phenoxy) is 1. The lowest BCUT2D eigenvalue weighted by Crippen LogP contribution is -2.31. The van der Waals surface area contributed by atoms with Crippen molar-refractivity contribution >= 4 is 68.2 Å². The summed E-state index contributed by atoms with van der Waals surface area (Å²) in [6.45, 7) is 0. The Labute approximate surface area is 256 Å². The maximum absolute atomic E-state index is 13.9. The van der Waals surface area contributed by atoms with Crippen molar-refractivity contribution in [3.05, 3.63) is 116 Å². The van der Waals surface area contributed by atoms with E-state index in [1.807, 2.05) is 18.2 Å². The molecule has 2 aromatic heterocycles. The lowest BCUT2D eigenvalue weighted by Gasteiger charge is -2.23. The molecule has 0 bridgehead atoms. The van der Waals surface area contributed by atoms with Gasteiger partial charge in [-0.2, -0.15) is 0 Å². The van der Waals surface area contributed by atoms with Gasteiger partial charge in [-0.25, -0.2) is 0 Å². The number of rotatable bonds is 9. The molecule has 0 fully saturated rings. The van der Waals surface area contributed by atoms with Gasteiger partial charge in [0.05, 0.1) is 23.6 Å². The van der Waals surface area contributed by atoms with E-state index in [4.69, 9.17) is 20.8 Å². The number of furan rings is 1. The number of nitrogens with zero attached hydrogens (tertiary/aromatic N) is 4. The second-order valence-corrected chi connectivity index (χ2v) is 11.8. The number of hydrogen-bond donors (Lipinski definition) is 1. The molecule has 0 aliphatic carbocycles. The van der Waals surface area contributed by atoms with Crippen LogP contribution in [-0.2, 0) is 10.5 Å². The number of non-ortho nitro benzene ring substituents is 1. The van der Waals surface area contributed by atoms with E-state index < -0.39 is 28.4 Å². The molecule has 1 aliphatic heterocycles. The Hall–Kier alpha value is -4.72. The number of methoxy groups -OCH3 is 1. The highest BCUT2D eigenvalue weighted by molar-refractivity contribution is 8.00. The largest absolute Gasteiger partial charge is 0.503 e. The fourth-order valence-corrected chi connectivity index (χ4v) is 6.87. The molecule has 1 atom stereocenters. The van der Waals surface area contributed by atoms with Crippen LogP contribution in [0.4, 0.5) is 10.8 Å². The molecule has 1 unspecified atom stereocenters. The van der Waals surface area contributed by atoms with E-state index in [0.29, 0.717) is 31.8 Å². The van der Waals surface area contributed by atoms with Gasteiger partial charge in [0.2, 0.25) is 10.9 Å². The molecule has 1 aliphatic rings. The summed E-state index contributed by atoms with van der Waals surface area (Å²) in [5, 5.41) is 32.3. The van der Waals surface area contributed by atoms with E-state index in [2.05, 4.69) is 10.2 Å². The van der Waals surface area contributed by atoms with Gasteiger partial charge < -0.3 is 14.3 Å². The van der Waals surface area contributed by atoms with Crippen LogP contribution in [0.3, 0.4) is 0 Å². The number of aromatic nitrogens is 2. The quantitative estimate of drug-likeness (QED) is 0.0594. The highest BCUT2D eigenvalue weighted by Gasteiger charge is 2.47. The molecule has 0 radical (unpaired) electrons. The van der Waals surface area contributed by atoms with Gasteiger partial charge in [-0.3, -0.25) is 24.6 Å². The lowest BCUT2D eigenvalue weighted by molar-refractivity contribution is -0.384. The van der Waals surface area contributed by atoms with Gasteiger partial charge in [-0.1, -0.05) is 77.2 Å². The van der Waals surface area contributed by atoms with Gasteiger partial charge >= 0.3 is 0 Å². The van der Waals surface area contributed by atoms with Gasteiger partial charge in [-0.15, -0.1) is 10.2 Å². The average molecular weight is 635 g/mol. The van der Waals surface area contributed by atoms with Crippen LogP contribution in [0.2, 0.25) is 5.02 Å². The summed E-state index contributed by atoms with van der Waals surface area (Å²) in [4.78, 5) is 39.6. The van der Waals surface area contributed by atoms with E-state index >= 15 is 0 Å². The minimum absolute atomic E-state index is 0.0868. The van der Waals surface area contributed by atoms with E-state index in [1.54, 1.807) is 24.3 Å². The minimum atomic E-state index is -1.26. The van der Waals surface area contributed by atoms with Crippen LogP contribution in [0.5, 0.6) is 5.75 Å². The van der Waals surface area contributed by atoms with Crippen molar-refractivity contribution in [2.45, 2.75) is 16.1 Å². The average Bonchev–Trinajstić information content (AvgIpc) is 3.73. The van der Waals surface area contributed by atoms with Crippen LogP contribution in [0.15, 0.2) is 92.9 Å². The SMILES string of the molecule is COc1cccc2cc(C(=O)C3=C(O)C(=O)N(c4nnc(SCc5ccccc5Cl)s4)C3c3cccc([N+](=O)[O-])c3)oc12. The first kappa shape index (κ1) is 28.4. The number of amides is 1. The molecule has 5 aromatic rings. The summed E-state index contributed by atoms with van der Waals surface area (Å²) >= 11 is 8.68. The van der Waals surface area contributed by atoms with Crippen LogP contribution < -0.4 is 9.64 Å². The van der Waals surface area contributed by atoms with Crippen LogP contribution in [0.25, 0.3) is 11.0 Å². The number of hydrogen-bond acceptors (Lipinski definition) is 11. The Balaban J connectivity index is 1.40. The van der Waals surface area contributed by atoms with Gasteiger partial charge in [0.25, 0.3) is 11.6 Å². The number of carbonyl (C=O) groups excluding carboxylic acids is 2. The van der Waals surface area contributed by atoms with Crippen LogP contribution in [-0.4, -0.2) is 39.0 Å². The summed E-state index contributed by atoms with van der Waals surface area (Å²) < 4.78 is 11.7. The summed E-state index contributed by atoms with van der Waals surface area (Å²) in [5.41, 5.74) is 0.830. The van der Waals surface area contributed by atoms with Crippen molar-refractivity contribution in [2.24, 2.45) is 0 Å². The van der Waals surface area contributed by atoms with Crippen LogP contribution >= 0.6 is 34.7 Å². The lowest BCUT2D eigenvalue weighted by atomic mass is 9.95. The van der Waals surface area contributed by atoms with Crippen molar-refractivity contribution < 1.29 is 28.8 Å². The molecule has 216 valence electrons. The fourth-order valence-electron chi connectivity index (χ4n) is 4.71. The third kappa shape index (κ3) is 5.22. The zero-order valence-electron chi connectivity index (χ0n) is 22.1. The molecule has 3 aromatic carbocycles. The monoisotopic (exact) mass is 634 g/mol. The molecular formula is C29H19ClN4O7S2. The third-order valence-corrected chi connectivity index (χ3v) is 9.19. The molecule has 43 heavy (non-hydrogen) atoms.